The van der Waals surface area contributed by atoms with Gasteiger partial charge in [0.2, 0.25) is 0 Å². The van der Waals surface area contributed by atoms with E-state index in [9.17, 15) is 4.79 Å². The fraction of sp³-hybridized carbons (Fsp3) is 0.0667. The van der Waals surface area contributed by atoms with E-state index >= 15 is 0 Å². The molecule has 108 valence electrons. The number of benzene rings is 2. The molecule has 0 spiro atoms. The minimum absolute atomic E-state index is 0.262. The van der Waals surface area contributed by atoms with Gasteiger partial charge in [-0.1, -0.05) is 12.1 Å². The number of nitrogens with zero attached hydrogens (tertiary/aromatic N) is 1. The first-order valence-electron chi connectivity index (χ1n) is 6.03. The summed E-state index contributed by atoms with van der Waals surface area (Å²) in [7, 11) is 1.63. The summed E-state index contributed by atoms with van der Waals surface area (Å²) in [6.07, 6.45) is 1.59. The van der Waals surface area contributed by atoms with E-state index in [4.69, 9.17) is 4.74 Å². The number of rotatable bonds is 4. The van der Waals surface area contributed by atoms with E-state index in [1.807, 2.05) is 30.3 Å². The maximum atomic E-state index is 11.9. The highest BCUT2D eigenvalue weighted by Crippen LogP contribution is 2.20. The molecule has 0 aliphatic heterocycles. The van der Waals surface area contributed by atoms with Crippen LogP contribution in [-0.4, -0.2) is 19.2 Å². The molecule has 0 aromatic heterocycles. The summed E-state index contributed by atoms with van der Waals surface area (Å²) in [5.41, 5.74) is 3.93. The Morgan fingerprint density at radius 3 is 2.76 bits per heavy atom. The summed E-state index contributed by atoms with van der Waals surface area (Å²) in [5.74, 6) is 0.548. The van der Waals surface area contributed by atoms with Crippen LogP contribution in [0.5, 0.6) is 5.75 Å². The number of nitrogens with one attached hydrogen (secondary N) is 1. The van der Waals surface area contributed by atoms with Gasteiger partial charge in [-0.25, -0.2) is 5.43 Å². The first kappa shape index (κ1) is 16.0. The first-order valence-corrected chi connectivity index (χ1v) is 7.90. The van der Waals surface area contributed by atoms with Crippen LogP contribution in [0.4, 0.5) is 0 Å². The predicted molar refractivity (Wildman–Crippen MR) is 94.9 cm³/mol. The minimum atomic E-state index is -0.262. The van der Waals surface area contributed by atoms with Gasteiger partial charge < -0.3 is 4.74 Å². The summed E-state index contributed by atoms with van der Waals surface area (Å²) in [4.78, 5) is 11.9. The van der Waals surface area contributed by atoms with Crippen molar-refractivity contribution in [3.63, 3.8) is 0 Å². The number of carbonyl (C=O) groups excluding carboxylic acids is 1. The average Bonchev–Trinajstić information content (AvgIpc) is 2.48. The Bertz CT molecular complexity index is 689. The second-order valence-electron chi connectivity index (χ2n) is 4.07. The highest BCUT2D eigenvalue weighted by Gasteiger charge is 2.07. The van der Waals surface area contributed by atoms with Gasteiger partial charge in [-0.15, -0.1) is 0 Å². The van der Waals surface area contributed by atoms with E-state index in [1.165, 1.54) is 0 Å². The molecule has 0 saturated heterocycles. The number of hydrazone groups is 1. The van der Waals surface area contributed by atoms with Crippen LogP contribution in [0.3, 0.4) is 0 Å². The minimum Gasteiger partial charge on any atom is -0.496 e. The molecule has 0 unspecified atom stereocenters. The van der Waals surface area contributed by atoms with Gasteiger partial charge in [0.25, 0.3) is 5.91 Å². The summed E-state index contributed by atoms with van der Waals surface area (Å²) in [6, 6.07) is 12.8. The van der Waals surface area contributed by atoms with Crippen LogP contribution >= 0.6 is 38.5 Å². The van der Waals surface area contributed by atoms with Gasteiger partial charge in [0, 0.05) is 4.47 Å². The molecule has 0 aliphatic carbocycles. The normalized spacial score (nSPS) is 10.6. The van der Waals surface area contributed by atoms with Crippen molar-refractivity contribution in [2.24, 2.45) is 5.10 Å². The Hall–Kier alpha value is -1.41. The summed E-state index contributed by atoms with van der Waals surface area (Å²) < 4.78 is 6.90. The number of hydrogen-bond acceptors (Lipinski definition) is 3. The number of hydrogen-bond donors (Lipinski definition) is 1. The Morgan fingerprint density at radius 2 is 2.10 bits per heavy atom. The number of amides is 1. The lowest BCUT2D eigenvalue weighted by atomic mass is 10.2. The van der Waals surface area contributed by atoms with E-state index in [0.29, 0.717) is 5.56 Å². The van der Waals surface area contributed by atoms with Crippen molar-refractivity contribution in [3.05, 3.63) is 61.6 Å². The Morgan fingerprint density at radius 1 is 1.33 bits per heavy atom. The third-order valence-electron chi connectivity index (χ3n) is 2.67. The molecule has 2 rings (SSSR count). The van der Waals surface area contributed by atoms with Gasteiger partial charge in [-0.05, 0) is 74.4 Å². The first-order chi connectivity index (χ1) is 10.1. The molecule has 21 heavy (non-hydrogen) atoms. The fourth-order valence-electron chi connectivity index (χ4n) is 1.63. The molecule has 2 aromatic rings. The summed E-state index contributed by atoms with van der Waals surface area (Å²) in [6.45, 7) is 0. The highest BCUT2D eigenvalue weighted by atomic mass is 127. The largest absolute Gasteiger partial charge is 0.496 e. The zero-order valence-corrected chi connectivity index (χ0v) is 14.9. The molecule has 6 heteroatoms. The third kappa shape index (κ3) is 4.28. The van der Waals surface area contributed by atoms with Crippen molar-refractivity contribution in [2.75, 3.05) is 7.11 Å². The molecule has 0 fully saturated rings. The zero-order chi connectivity index (χ0) is 15.2. The zero-order valence-electron chi connectivity index (χ0n) is 11.1. The van der Waals surface area contributed by atoms with Crippen LogP contribution in [0, 0.1) is 3.57 Å². The monoisotopic (exact) mass is 458 g/mol. The van der Waals surface area contributed by atoms with E-state index < -0.39 is 0 Å². The van der Waals surface area contributed by atoms with E-state index in [2.05, 4.69) is 49.0 Å². The van der Waals surface area contributed by atoms with Crippen LogP contribution in [0.1, 0.15) is 15.9 Å². The van der Waals surface area contributed by atoms with Gasteiger partial charge in [0.05, 0.1) is 22.5 Å². The van der Waals surface area contributed by atoms with Gasteiger partial charge in [-0.2, -0.15) is 5.10 Å². The molecular weight excluding hydrogens is 447 g/mol. The topological polar surface area (TPSA) is 50.7 Å². The Labute approximate surface area is 144 Å². The third-order valence-corrected chi connectivity index (χ3v) is 4.21. The Balaban J connectivity index is 2.04. The van der Waals surface area contributed by atoms with Crippen molar-refractivity contribution in [1.82, 2.24) is 5.43 Å². The highest BCUT2D eigenvalue weighted by molar-refractivity contribution is 14.1. The van der Waals surface area contributed by atoms with Gasteiger partial charge >= 0.3 is 0 Å². The standard InChI is InChI=1S/C15H12BrIN2O2/c1-21-14-7-6-10(8-13(14)17)9-18-19-15(20)11-4-2-3-5-12(11)16/h2-9H,1H3,(H,19,20)/b18-9-. The quantitative estimate of drug-likeness (QED) is 0.430. The molecule has 0 atom stereocenters. The predicted octanol–water partition coefficient (Wildman–Crippen LogP) is 3.83. The maximum absolute atomic E-state index is 11.9. The number of carbonyl (C=O) groups is 1. The molecule has 0 saturated carbocycles. The van der Waals surface area contributed by atoms with Gasteiger partial charge in [0.15, 0.2) is 0 Å². The van der Waals surface area contributed by atoms with Crippen LogP contribution in [0.15, 0.2) is 52.0 Å². The molecule has 1 amide bonds. The van der Waals surface area contributed by atoms with E-state index in [-0.39, 0.29) is 5.91 Å². The summed E-state index contributed by atoms with van der Waals surface area (Å²) in [5, 5.41) is 3.97. The van der Waals surface area contributed by atoms with Crippen molar-refractivity contribution in [1.29, 1.82) is 0 Å². The molecule has 0 radical (unpaired) electrons. The van der Waals surface area contributed by atoms with E-state index in [0.717, 1.165) is 19.4 Å². The van der Waals surface area contributed by atoms with Gasteiger partial charge in [-0.3, -0.25) is 4.79 Å². The van der Waals surface area contributed by atoms with Crippen molar-refractivity contribution >= 4 is 50.6 Å². The lowest BCUT2D eigenvalue weighted by Crippen LogP contribution is -2.18. The van der Waals surface area contributed by atoms with Crippen LogP contribution < -0.4 is 10.2 Å². The maximum Gasteiger partial charge on any atom is 0.272 e. The average molecular weight is 459 g/mol. The number of halogens is 2. The molecule has 0 heterocycles. The smallest absolute Gasteiger partial charge is 0.272 e. The SMILES string of the molecule is COc1ccc(/C=N\NC(=O)c2ccccc2Br)cc1I. The van der Waals surface area contributed by atoms with Crippen molar-refractivity contribution in [2.45, 2.75) is 0 Å². The molecule has 4 nitrogen and oxygen atoms in total. The van der Waals surface area contributed by atoms with Crippen molar-refractivity contribution < 1.29 is 9.53 Å². The lowest BCUT2D eigenvalue weighted by molar-refractivity contribution is 0.0954. The van der Waals surface area contributed by atoms with Crippen molar-refractivity contribution in [3.8, 4) is 5.75 Å². The molecular formula is C15H12BrIN2O2. The van der Waals surface area contributed by atoms with Crippen LogP contribution in [0.2, 0.25) is 0 Å². The van der Waals surface area contributed by atoms with Crippen LogP contribution in [0.25, 0.3) is 0 Å². The second-order valence-corrected chi connectivity index (χ2v) is 6.09. The fourth-order valence-corrected chi connectivity index (χ4v) is 2.86. The van der Waals surface area contributed by atoms with Crippen LogP contribution in [-0.2, 0) is 0 Å². The molecule has 0 bridgehead atoms. The Kier molecular flexibility index (Phi) is 5.75. The number of methoxy groups -OCH3 is 1. The number of ether oxygens (including phenoxy) is 1. The van der Waals surface area contributed by atoms with E-state index in [1.54, 1.807) is 25.5 Å². The summed E-state index contributed by atoms with van der Waals surface area (Å²) >= 11 is 5.52. The lowest BCUT2D eigenvalue weighted by Gasteiger charge is -2.04. The molecule has 0 aliphatic rings. The molecule has 2 aromatic carbocycles. The second kappa shape index (κ2) is 7.56. The van der Waals surface area contributed by atoms with Gasteiger partial charge in [0.1, 0.15) is 5.75 Å². The molecule has 1 N–H and O–H groups in total.